The van der Waals surface area contributed by atoms with Crippen LogP contribution in [0, 0.1) is 5.92 Å². The number of nitrogens with zero attached hydrogens (tertiary/aromatic N) is 3. The first-order chi connectivity index (χ1) is 13.3. The molecule has 2 aliphatic rings. The van der Waals surface area contributed by atoms with E-state index in [-0.39, 0.29) is 0 Å². The Kier molecular flexibility index (Phi) is 6.02. The van der Waals surface area contributed by atoms with Crippen LogP contribution in [0.2, 0.25) is 0 Å². The van der Waals surface area contributed by atoms with Crippen molar-refractivity contribution in [2.45, 2.75) is 25.6 Å². The third-order valence-electron chi connectivity index (χ3n) is 5.71. The maximum atomic E-state index is 6.26. The number of likely N-dealkylation sites (tertiary alicyclic amines) is 1. The van der Waals surface area contributed by atoms with Crippen LogP contribution >= 0.6 is 0 Å². The van der Waals surface area contributed by atoms with Crippen LogP contribution in [0.1, 0.15) is 17.5 Å². The second-order valence-electron chi connectivity index (χ2n) is 7.64. The third-order valence-corrected chi connectivity index (χ3v) is 5.71. The number of ether oxygens (including phenoxy) is 2. The molecule has 5 heteroatoms. The number of hydrogen-bond donors (Lipinski definition) is 0. The van der Waals surface area contributed by atoms with Crippen molar-refractivity contribution >= 4 is 0 Å². The van der Waals surface area contributed by atoms with Crippen LogP contribution in [0.4, 0.5) is 0 Å². The molecule has 2 saturated heterocycles. The molecule has 27 heavy (non-hydrogen) atoms. The molecular weight excluding hydrogens is 338 g/mol. The Morgan fingerprint density at radius 2 is 1.85 bits per heavy atom. The lowest BCUT2D eigenvalue weighted by molar-refractivity contribution is -0.0242. The van der Waals surface area contributed by atoms with Crippen molar-refractivity contribution in [1.82, 2.24) is 14.8 Å². The van der Waals surface area contributed by atoms with Gasteiger partial charge < -0.3 is 9.47 Å². The summed E-state index contributed by atoms with van der Waals surface area (Å²) in [5.74, 6) is 1.54. The molecule has 0 saturated carbocycles. The zero-order valence-corrected chi connectivity index (χ0v) is 16.1. The number of fused-ring (bicyclic) bond motifs is 1. The Hall–Kier alpha value is -1.95. The standard InChI is InChI=1S/C22H29N3O2/c1-26-21-6-4-18(5-7-21)14-24-10-8-20-16-25(11-12-27-22(20)17-24)15-19-3-2-9-23-13-19/h2-7,9,13,20,22H,8,10-12,14-17H2,1H3/t20-,22-/m1/s1. The molecule has 0 spiro atoms. The molecule has 1 aromatic carbocycles. The second kappa shape index (κ2) is 8.83. The minimum atomic E-state index is 0.343. The quantitative estimate of drug-likeness (QED) is 0.812. The van der Waals surface area contributed by atoms with Crippen LogP contribution in [0.15, 0.2) is 48.8 Å². The first-order valence-corrected chi connectivity index (χ1v) is 9.88. The van der Waals surface area contributed by atoms with Gasteiger partial charge in [-0.1, -0.05) is 18.2 Å². The van der Waals surface area contributed by atoms with E-state index >= 15 is 0 Å². The van der Waals surface area contributed by atoms with Gasteiger partial charge >= 0.3 is 0 Å². The lowest BCUT2D eigenvalue weighted by atomic mass is 9.93. The minimum Gasteiger partial charge on any atom is -0.497 e. The number of aromatic nitrogens is 1. The number of rotatable bonds is 5. The van der Waals surface area contributed by atoms with Crippen LogP contribution in [0.5, 0.6) is 5.75 Å². The molecule has 5 nitrogen and oxygen atoms in total. The van der Waals surface area contributed by atoms with E-state index in [1.807, 2.05) is 30.6 Å². The highest BCUT2D eigenvalue weighted by Crippen LogP contribution is 2.26. The highest BCUT2D eigenvalue weighted by molar-refractivity contribution is 5.27. The van der Waals surface area contributed by atoms with Crippen molar-refractivity contribution in [3.05, 3.63) is 59.9 Å². The van der Waals surface area contributed by atoms with Crippen LogP contribution in [0.3, 0.4) is 0 Å². The fourth-order valence-corrected chi connectivity index (χ4v) is 4.21. The molecule has 0 bridgehead atoms. The van der Waals surface area contributed by atoms with Crippen molar-refractivity contribution in [2.24, 2.45) is 5.92 Å². The molecule has 4 rings (SSSR count). The average Bonchev–Trinajstić information content (AvgIpc) is 2.91. The van der Waals surface area contributed by atoms with Gasteiger partial charge in [-0.25, -0.2) is 0 Å². The molecule has 2 aliphatic heterocycles. The molecule has 0 radical (unpaired) electrons. The predicted octanol–water partition coefficient (Wildman–Crippen LogP) is 2.81. The monoisotopic (exact) mass is 367 g/mol. The van der Waals surface area contributed by atoms with Gasteiger partial charge in [-0.3, -0.25) is 14.8 Å². The third kappa shape index (κ3) is 4.86. The molecule has 2 fully saturated rings. The first-order valence-electron chi connectivity index (χ1n) is 9.88. The van der Waals surface area contributed by atoms with E-state index in [1.54, 1.807) is 7.11 Å². The van der Waals surface area contributed by atoms with Crippen LogP contribution in [-0.2, 0) is 17.8 Å². The molecule has 0 amide bonds. The van der Waals surface area contributed by atoms with Gasteiger partial charge in [0, 0.05) is 51.0 Å². The molecule has 0 aliphatic carbocycles. The van der Waals surface area contributed by atoms with Crippen molar-refractivity contribution < 1.29 is 9.47 Å². The van der Waals surface area contributed by atoms with Crippen LogP contribution in [-0.4, -0.2) is 60.8 Å². The topological polar surface area (TPSA) is 37.8 Å². The first kappa shape index (κ1) is 18.4. The van der Waals surface area contributed by atoms with E-state index in [2.05, 4.69) is 33.0 Å². The van der Waals surface area contributed by atoms with Gasteiger partial charge in [-0.2, -0.15) is 0 Å². The van der Waals surface area contributed by atoms with Crippen molar-refractivity contribution in [3.63, 3.8) is 0 Å². The minimum absolute atomic E-state index is 0.343. The average molecular weight is 367 g/mol. The summed E-state index contributed by atoms with van der Waals surface area (Å²) < 4.78 is 11.5. The van der Waals surface area contributed by atoms with E-state index in [4.69, 9.17) is 9.47 Å². The molecule has 3 heterocycles. The zero-order valence-electron chi connectivity index (χ0n) is 16.1. The highest BCUT2D eigenvalue weighted by atomic mass is 16.5. The maximum Gasteiger partial charge on any atom is 0.118 e. The fourth-order valence-electron chi connectivity index (χ4n) is 4.21. The number of pyridine rings is 1. The van der Waals surface area contributed by atoms with Crippen molar-refractivity contribution in [1.29, 1.82) is 0 Å². The predicted molar refractivity (Wildman–Crippen MR) is 106 cm³/mol. The maximum absolute atomic E-state index is 6.26. The van der Waals surface area contributed by atoms with Crippen molar-refractivity contribution in [2.75, 3.05) is 39.9 Å². The van der Waals surface area contributed by atoms with Crippen molar-refractivity contribution in [3.8, 4) is 5.75 Å². The van der Waals surface area contributed by atoms with Gasteiger partial charge in [0.05, 0.1) is 19.8 Å². The van der Waals surface area contributed by atoms with E-state index in [0.717, 1.165) is 51.6 Å². The largest absolute Gasteiger partial charge is 0.497 e. The Labute approximate surface area is 161 Å². The SMILES string of the molecule is COc1ccc(CN2CC[C@@H]3CN(Cc4cccnc4)CCO[C@@H]3C2)cc1. The van der Waals surface area contributed by atoms with E-state index < -0.39 is 0 Å². The summed E-state index contributed by atoms with van der Waals surface area (Å²) in [4.78, 5) is 9.30. The van der Waals surface area contributed by atoms with Gasteiger partial charge in [-0.05, 0) is 42.3 Å². The van der Waals surface area contributed by atoms with Gasteiger partial charge in [0.2, 0.25) is 0 Å². The zero-order chi connectivity index (χ0) is 18.5. The normalized spacial score (nSPS) is 24.2. The molecule has 1 aromatic heterocycles. The fraction of sp³-hybridized carbons (Fsp3) is 0.500. The summed E-state index contributed by atoms with van der Waals surface area (Å²) in [5, 5.41) is 0. The summed E-state index contributed by atoms with van der Waals surface area (Å²) in [6, 6.07) is 12.6. The smallest absolute Gasteiger partial charge is 0.118 e. The van der Waals surface area contributed by atoms with Crippen LogP contribution in [0.25, 0.3) is 0 Å². The summed E-state index contributed by atoms with van der Waals surface area (Å²) >= 11 is 0. The summed E-state index contributed by atoms with van der Waals surface area (Å²) in [6.45, 7) is 7.05. The summed E-state index contributed by atoms with van der Waals surface area (Å²) in [6.07, 6.45) is 5.35. The molecule has 0 unspecified atom stereocenters. The molecule has 2 atom stereocenters. The Morgan fingerprint density at radius 3 is 2.63 bits per heavy atom. The molecular formula is C22H29N3O2. The lowest BCUT2D eigenvalue weighted by Gasteiger charge is -2.38. The van der Waals surface area contributed by atoms with Gasteiger partial charge in [-0.15, -0.1) is 0 Å². The molecule has 0 N–H and O–H groups in total. The van der Waals surface area contributed by atoms with E-state index in [0.29, 0.717) is 12.0 Å². The Morgan fingerprint density at radius 1 is 1.04 bits per heavy atom. The number of piperidine rings is 1. The molecule has 144 valence electrons. The van der Waals surface area contributed by atoms with Gasteiger partial charge in [0.15, 0.2) is 0 Å². The number of benzene rings is 1. The highest BCUT2D eigenvalue weighted by Gasteiger charge is 2.33. The Bertz CT molecular complexity index is 707. The second-order valence-corrected chi connectivity index (χ2v) is 7.64. The van der Waals surface area contributed by atoms with E-state index in [9.17, 15) is 0 Å². The summed E-state index contributed by atoms with van der Waals surface area (Å²) in [7, 11) is 1.71. The van der Waals surface area contributed by atoms with Crippen LogP contribution < -0.4 is 4.74 Å². The molecule has 2 aromatic rings. The number of methoxy groups -OCH3 is 1. The van der Waals surface area contributed by atoms with E-state index in [1.165, 1.54) is 17.5 Å². The number of hydrogen-bond acceptors (Lipinski definition) is 5. The Balaban J connectivity index is 1.32. The lowest BCUT2D eigenvalue weighted by Crippen LogP contribution is -2.46. The van der Waals surface area contributed by atoms with Gasteiger partial charge in [0.1, 0.15) is 5.75 Å². The summed E-state index contributed by atoms with van der Waals surface area (Å²) in [5.41, 5.74) is 2.62. The van der Waals surface area contributed by atoms with Gasteiger partial charge in [0.25, 0.3) is 0 Å².